The van der Waals surface area contributed by atoms with Gasteiger partial charge in [0.05, 0.1) is 6.20 Å². The summed E-state index contributed by atoms with van der Waals surface area (Å²) >= 11 is 0. The van der Waals surface area contributed by atoms with Crippen LogP contribution in [-0.4, -0.2) is 32.3 Å². The second-order valence-corrected chi connectivity index (χ2v) is 8.05. The fourth-order valence-corrected chi connectivity index (χ4v) is 3.69. The molecule has 2 N–H and O–H groups in total. The minimum absolute atomic E-state index is 0.101. The molecule has 1 aliphatic rings. The van der Waals surface area contributed by atoms with Crippen molar-refractivity contribution in [2.24, 2.45) is 0 Å². The normalized spacial score (nSPS) is 17.8. The summed E-state index contributed by atoms with van der Waals surface area (Å²) in [5.41, 5.74) is 3.20. The highest BCUT2D eigenvalue weighted by atomic mass is 32.2. The van der Waals surface area contributed by atoms with Gasteiger partial charge in [0.25, 0.3) is 0 Å². The fourth-order valence-electron chi connectivity index (χ4n) is 3.17. The number of hydrogen-bond donors (Lipinski definition) is 2. The first-order valence-electron chi connectivity index (χ1n) is 8.50. The molecule has 0 fully saturated rings. The molecule has 3 rings (SSSR count). The third-order valence-electron chi connectivity index (χ3n) is 4.46. The van der Waals surface area contributed by atoms with E-state index in [0.29, 0.717) is 11.7 Å². The van der Waals surface area contributed by atoms with E-state index in [2.05, 4.69) is 29.6 Å². The number of aryl methyl sites for hydroxylation is 1. The second-order valence-electron chi connectivity index (χ2n) is 6.67. The number of carbonyl (C=O) groups is 1. The maximum absolute atomic E-state index is 12.3. The van der Waals surface area contributed by atoms with Crippen LogP contribution in [0.15, 0.2) is 35.4 Å². The van der Waals surface area contributed by atoms with Crippen molar-refractivity contribution in [3.8, 4) is 0 Å². The van der Waals surface area contributed by atoms with Crippen LogP contribution in [0.4, 0.5) is 10.5 Å². The molecule has 2 aromatic rings. The molecule has 1 aromatic carbocycles. The van der Waals surface area contributed by atoms with Crippen LogP contribution in [0.25, 0.3) is 0 Å². The number of anilines is 1. The van der Waals surface area contributed by atoms with Crippen LogP contribution in [0.5, 0.6) is 0 Å². The van der Waals surface area contributed by atoms with E-state index in [4.69, 9.17) is 0 Å². The van der Waals surface area contributed by atoms with Crippen molar-refractivity contribution >= 4 is 22.5 Å². The van der Waals surface area contributed by atoms with E-state index in [1.54, 1.807) is 30.5 Å². The minimum Gasteiger partial charge on any atom is -0.335 e. The van der Waals surface area contributed by atoms with Gasteiger partial charge in [-0.25, -0.2) is 4.79 Å². The number of amides is 2. The van der Waals surface area contributed by atoms with Gasteiger partial charge in [-0.1, -0.05) is 0 Å². The molecule has 0 radical (unpaired) electrons. The number of nitrogens with one attached hydrogen (secondary N) is 2. The first kappa shape index (κ1) is 17.7. The molecule has 1 heterocycles. The summed E-state index contributed by atoms with van der Waals surface area (Å²) in [6, 6.07) is 7.27. The number of fused-ring (bicyclic) bond motifs is 1. The molecule has 134 valence electrons. The lowest BCUT2D eigenvalue weighted by molar-refractivity contribution is 0.247. The van der Waals surface area contributed by atoms with Crippen molar-refractivity contribution in [2.45, 2.75) is 50.1 Å². The Bertz CT molecular complexity index is 783. The number of rotatable bonds is 4. The summed E-state index contributed by atoms with van der Waals surface area (Å²) in [5.74, 6) is 0. The first-order chi connectivity index (χ1) is 11.9. The van der Waals surface area contributed by atoms with E-state index in [1.165, 1.54) is 11.3 Å². The smallest absolute Gasteiger partial charge is 0.319 e. The molecule has 1 aliphatic carbocycles. The van der Waals surface area contributed by atoms with E-state index >= 15 is 0 Å². The third-order valence-corrected chi connectivity index (χ3v) is 5.39. The number of urea groups is 1. The van der Waals surface area contributed by atoms with Crippen LogP contribution in [0, 0.1) is 0 Å². The Morgan fingerprint density at radius 2 is 2.04 bits per heavy atom. The first-order valence-corrected chi connectivity index (χ1v) is 10.1. The van der Waals surface area contributed by atoms with Crippen molar-refractivity contribution in [3.63, 3.8) is 0 Å². The lowest BCUT2D eigenvalue weighted by Gasteiger charge is -2.25. The minimum atomic E-state index is -1.02. The lowest BCUT2D eigenvalue weighted by atomic mass is 9.93. The summed E-state index contributed by atoms with van der Waals surface area (Å²) in [5, 5.41) is 10.4. The fraction of sp³-hybridized carbons (Fsp3) is 0.444. The molecule has 1 aromatic heterocycles. The zero-order chi connectivity index (χ0) is 18.0. The summed E-state index contributed by atoms with van der Waals surface area (Å²) in [4.78, 5) is 13.0. The molecule has 0 saturated heterocycles. The highest BCUT2D eigenvalue weighted by Gasteiger charge is 2.24. The molecule has 2 amide bonds. The Balaban J connectivity index is 1.60. The number of carbonyl (C=O) groups excluding carboxylic acids is 1. The Kier molecular flexibility index (Phi) is 5.22. The Morgan fingerprint density at radius 1 is 1.32 bits per heavy atom. The molecule has 6 nitrogen and oxygen atoms in total. The van der Waals surface area contributed by atoms with Crippen LogP contribution in [0.1, 0.15) is 37.6 Å². The van der Waals surface area contributed by atoms with Gasteiger partial charge in [0.1, 0.15) is 0 Å². The van der Waals surface area contributed by atoms with E-state index in [9.17, 15) is 9.00 Å². The largest absolute Gasteiger partial charge is 0.335 e. The number of aromatic nitrogens is 2. The van der Waals surface area contributed by atoms with Gasteiger partial charge in [-0.2, -0.15) is 5.10 Å². The zero-order valence-corrected chi connectivity index (χ0v) is 15.6. The number of hydrogen-bond acceptors (Lipinski definition) is 3. The molecule has 0 saturated carbocycles. The van der Waals surface area contributed by atoms with Gasteiger partial charge in [-0.3, -0.25) is 8.89 Å². The van der Waals surface area contributed by atoms with Gasteiger partial charge in [0.15, 0.2) is 0 Å². The predicted octanol–water partition coefficient (Wildman–Crippen LogP) is 2.88. The summed E-state index contributed by atoms with van der Waals surface area (Å²) in [7, 11) is -1.02. The van der Waals surface area contributed by atoms with E-state index in [1.807, 2.05) is 10.9 Å². The molecule has 0 spiro atoms. The highest BCUT2D eigenvalue weighted by molar-refractivity contribution is 7.84. The topological polar surface area (TPSA) is 76.0 Å². The molecule has 2 atom stereocenters. The van der Waals surface area contributed by atoms with Gasteiger partial charge < -0.3 is 10.6 Å². The SMILES string of the molecule is CC(C)n1ncc2c1CC(NC(=O)Nc1ccc(S(C)=O)cc1)CC2. The molecular formula is C18H24N4O2S. The Hall–Kier alpha value is -2.15. The van der Waals surface area contributed by atoms with Crippen LogP contribution in [0.3, 0.4) is 0 Å². The molecular weight excluding hydrogens is 336 g/mol. The lowest BCUT2D eigenvalue weighted by Crippen LogP contribution is -2.41. The van der Waals surface area contributed by atoms with Gasteiger partial charge >= 0.3 is 6.03 Å². The Morgan fingerprint density at radius 3 is 2.68 bits per heavy atom. The zero-order valence-electron chi connectivity index (χ0n) is 14.8. The van der Waals surface area contributed by atoms with Crippen LogP contribution in [-0.2, 0) is 23.6 Å². The Labute approximate surface area is 150 Å². The van der Waals surface area contributed by atoms with Gasteiger partial charge in [0, 0.05) is 51.8 Å². The van der Waals surface area contributed by atoms with Crippen molar-refractivity contribution in [2.75, 3.05) is 11.6 Å². The maximum atomic E-state index is 12.3. The van der Waals surface area contributed by atoms with E-state index in [0.717, 1.165) is 24.2 Å². The van der Waals surface area contributed by atoms with Crippen LogP contribution in [0.2, 0.25) is 0 Å². The van der Waals surface area contributed by atoms with Crippen molar-refractivity contribution in [1.29, 1.82) is 0 Å². The molecule has 7 heteroatoms. The maximum Gasteiger partial charge on any atom is 0.319 e. The number of benzene rings is 1. The van der Waals surface area contributed by atoms with Crippen molar-refractivity contribution < 1.29 is 9.00 Å². The molecule has 25 heavy (non-hydrogen) atoms. The van der Waals surface area contributed by atoms with Gasteiger partial charge in [-0.15, -0.1) is 0 Å². The molecule has 0 bridgehead atoms. The quantitative estimate of drug-likeness (QED) is 0.880. The van der Waals surface area contributed by atoms with Gasteiger partial charge in [0.2, 0.25) is 0 Å². The van der Waals surface area contributed by atoms with Crippen LogP contribution < -0.4 is 10.6 Å². The van der Waals surface area contributed by atoms with E-state index < -0.39 is 10.8 Å². The predicted molar refractivity (Wildman–Crippen MR) is 99.4 cm³/mol. The van der Waals surface area contributed by atoms with E-state index in [-0.39, 0.29) is 12.1 Å². The van der Waals surface area contributed by atoms with Crippen LogP contribution >= 0.6 is 0 Å². The number of nitrogens with zero attached hydrogens (tertiary/aromatic N) is 2. The highest BCUT2D eigenvalue weighted by Crippen LogP contribution is 2.23. The average Bonchev–Trinajstić information content (AvgIpc) is 2.98. The monoisotopic (exact) mass is 360 g/mol. The summed E-state index contributed by atoms with van der Waals surface area (Å²) in [6.45, 7) is 4.23. The van der Waals surface area contributed by atoms with Gasteiger partial charge in [-0.05, 0) is 56.5 Å². The standard InChI is InChI=1S/C18H24N4O2S/c1-12(2)22-17-10-15(5-4-13(17)11-19-22)21-18(23)20-14-6-8-16(9-7-14)25(3)24/h6-9,11-12,15H,4-5,10H2,1-3H3,(H2,20,21,23). The average molecular weight is 360 g/mol. The third kappa shape index (κ3) is 4.10. The summed E-state index contributed by atoms with van der Waals surface area (Å²) < 4.78 is 13.4. The summed E-state index contributed by atoms with van der Waals surface area (Å²) in [6.07, 6.45) is 6.23. The second kappa shape index (κ2) is 7.39. The van der Waals surface area contributed by atoms with Crippen molar-refractivity contribution in [1.82, 2.24) is 15.1 Å². The molecule has 0 aliphatic heterocycles. The van der Waals surface area contributed by atoms with Crippen molar-refractivity contribution in [3.05, 3.63) is 41.7 Å². The molecule has 2 unspecified atom stereocenters.